The van der Waals surface area contributed by atoms with Gasteiger partial charge in [-0.3, -0.25) is 0 Å². The number of nitrogens with zero attached hydrogens (tertiary/aromatic N) is 8. The first-order chi connectivity index (χ1) is 26.9. The van der Waals surface area contributed by atoms with Gasteiger partial charge >= 0.3 is 0 Å². The molecule has 0 fully saturated rings. The van der Waals surface area contributed by atoms with Gasteiger partial charge in [0.15, 0.2) is 0 Å². The molecular weight excluding hydrogens is 972 g/mol. The zero-order valence-electron chi connectivity index (χ0n) is 33.0. The van der Waals surface area contributed by atoms with Crippen LogP contribution >= 0.6 is 0 Å². The van der Waals surface area contributed by atoms with Gasteiger partial charge in [0.1, 0.15) is 11.6 Å². The second-order valence-electron chi connectivity index (χ2n) is 13.8. The van der Waals surface area contributed by atoms with Crippen LogP contribution in [0.15, 0.2) is 121 Å². The van der Waals surface area contributed by atoms with Crippen LogP contribution in [0, 0.1) is 128 Å². The summed E-state index contributed by atoms with van der Waals surface area (Å²) < 4.78 is 6.32. The van der Waals surface area contributed by atoms with E-state index in [9.17, 15) is 5.26 Å². The van der Waals surface area contributed by atoms with Crippen molar-refractivity contribution < 1.29 is 82.6 Å². The maximum absolute atomic E-state index is 9.42. The number of benzene rings is 6. The Morgan fingerprint density at radius 1 is 0.638 bits per heavy atom. The van der Waals surface area contributed by atoms with E-state index in [0.29, 0.717) is 12.1 Å². The molecule has 9 nitrogen and oxygen atoms in total. The smallest absolute Gasteiger partial charge is 0.139 e. The molecule has 0 bridgehead atoms. The third-order valence-electron chi connectivity index (χ3n) is 10.3. The first-order valence-electron chi connectivity index (χ1n) is 18.0. The molecule has 0 aliphatic carbocycles. The number of nitriles is 1. The fourth-order valence-corrected chi connectivity index (χ4v) is 7.43. The summed E-state index contributed by atoms with van der Waals surface area (Å²) in [4.78, 5) is 21.5. The van der Waals surface area contributed by atoms with Gasteiger partial charge in [0.2, 0.25) is 0 Å². The van der Waals surface area contributed by atoms with Crippen molar-refractivity contribution in [2.24, 2.45) is 14.1 Å². The van der Waals surface area contributed by atoms with Crippen molar-refractivity contribution in [3.63, 3.8) is 0 Å². The van der Waals surface area contributed by atoms with Gasteiger partial charge in [0.25, 0.3) is 0 Å². The topological polar surface area (TPSA) is 106 Å². The van der Waals surface area contributed by atoms with Crippen LogP contribution in [-0.2, 0) is 20.6 Å². The summed E-state index contributed by atoms with van der Waals surface area (Å²) in [6.07, 6.45) is 5.98. The van der Waals surface area contributed by atoms with Crippen LogP contribution in [0.3, 0.4) is 0 Å². The number of rotatable bonds is 5. The maximum atomic E-state index is 9.42. The van der Waals surface area contributed by atoms with E-state index in [1.807, 2.05) is 67.7 Å². The number of H-pyrrole nitrogens is 1. The standard InChI is InChI=1S/C30H22N5.C16H13N4.CH3.2Pr/c1-20-15-24(30-33-26-9-5-6-10-27(26)34(30)2)16-28-29(20)32-19-35(28)18-21-11-13-22(14-12-21)25-8-4-3-7-23(25)17-31;1-10-7-11(8-13-15(10)18-9-17-13)16-19-12-5-3-4-6-14(12)20(16)2;;;/h3-16H,18H2,1-2H3;3-8H,1-2H3,(H,17,18);1H3;;/q3*-1;;. The predicted molar refractivity (Wildman–Crippen MR) is 224 cm³/mol. The van der Waals surface area contributed by atoms with Gasteiger partial charge in [0.05, 0.1) is 33.7 Å². The van der Waals surface area contributed by atoms with Crippen LogP contribution in [0.25, 0.3) is 78.0 Å². The van der Waals surface area contributed by atoms with Gasteiger partial charge in [-0.1, -0.05) is 138 Å². The molecule has 1 N–H and O–H groups in total. The van der Waals surface area contributed by atoms with Crippen molar-refractivity contribution in [3.8, 4) is 40.0 Å². The maximum Gasteiger partial charge on any atom is 0.139 e. The molecule has 4 heterocycles. The molecule has 0 saturated carbocycles. The molecule has 0 saturated heterocycles. The number of nitrogens with one attached hydrogen (secondary N) is 1. The van der Waals surface area contributed by atoms with Crippen molar-refractivity contribution in [3.05, 3.63) is 164 Å². The van der Waals surface area contributed by atoms with Crippen molar-refractivity contribution >= 4 is 44.1 Å². The number of aryl methyl sites for hydroxylation is 4. The van der Waals surface area contributed by atoms with E-state index in [1.54, 1.807) is 0 Å². The molecule has 2 radical (unpaired) electrons. The molecule has 10 rings (SSSR count). The Morgan fingerprint density at radius 2 is 1.21 bits per heavy atom. The molecule has 58 heavy (non-hydrogen) atoms. The van der Waals surface area contributed by atoms with Crippen molar-refractivity contribution in [2.75, 3.05) is 0 Å². The summed E-state index contributed by atoms with van der Waals surface area (Å²) in [7, 11) is 4.10. The summed E-state index contributed by atoms with van der Waals surface area (Å²) in [6, 6.07) is 43.2. The quantitative estimate of drug-likeness (QED) is 0.173. The Hall–Kier alpha value is -4.58. The van der Waals surface area contributed by atoms with E-state index in [-0.39, 0.29) is 90.0 Å². The predicted octanol–water partition coefficient (Wildman–Crippen LogP) is 9.96. The number of aromatic amines is 1. The molecule has 6 aromatic carbocycles. The Bertz CT molecular complexity index is 3090. The van der Waals surface area contributed by atoms with E-state index >= 15 is 0 Å². The van der Waals surface area contributed by atoms with E-state index < -0.39 is 0 Å². The van der Waals surface area contributed by atoms with E-state index in [2.05, 4.69) is 129 Å². The van der Waals surface area contributed by atoms with Gasteiger partial charge in [-0.2, -0.15) is 5.26 Å². The molecule has 11 heteroatoms. The fourth-order valence-electron chi connectivity index (χ4n) is 7.43. The number of hydrogen-bond acceptors (Lipinski definition) is 5. The summed E-state index contributed by atoms with van der Waals surface area (Å²) in [6.45, 7) is 4.80. The van der Waals surface area contributed by atoms with E-state index in [0.717, 1.165) is 94.7 Å². The number of para-hydroxylation sites is 4. The van der Waals surface area contributed by atoms with Crippen LogP contribution in [0.2, 0.25) is 0 Å². The van der Waals surface area contributed by atoms with Gasteiger partial charge < -0.3 is 36.1 Å². The molecule has 0 aliphatic heterocycles. The molecule has 4 aromatic heterocycles. The van der Waals surface area contributed by atoms with Crippen LogP contribution in [0.4, 0.5) is 0 Å². The van der Waals surface area contributed by atoms with Crippen LogP contribution < -0.4 is 0 Å². The van der Waals surface area contributed by atoms with Gasteiger partial charge in [-0.15, -0.1) is 0 Å². The zero-order valence-corrected chi connectivity index (χ0v) is 40.4. The Morgan fingerprint density at radius 3 is 1.83 bits per heavy atom. The largest absolute Gasteiger partial charge is 0.460 e. The normalized spacial score (nSPS) is 10.7. The average molecular weight is 1010 g/mol. The van der Waals surface area contributed by atoms with E-state index in [1.165, 1.54) is 0 Å². The van der Waals surface area contributed by atoms with Gasteiger partial charge in [-0.05, 0) is 53.3 Å². The first kappa shape index (κ1) is 43.0. The number of imidazole rings is 4. The van der Waals surface area contributed by atoms with E-state index in [4.69, 9.17) is 9.97 Å². The minimum absolute atomic E-state index is 0. The summed E-state index contributed by atoms with van der Waals surface area (Å²) in [5.41, 5.74) is 16.4. The molecule has 280 valence electrons. The van der Waals surface area contributed by atoms with Gasteiger partial charge in [-0.25, -0.2) is 9.97 Å². The van der Waals surface area contributed by atoms with Crippen molar-refractivity contribution in [2.45, 2.75) is 20.4 Å². The molecule has 0 unspecified atom stereocenters. The Balaban J connectivity index is 0.000000211. The van der Waals surface area contributed by atoms with Crippen LogP contribution in [0.5, 0.6) is 0 Å². The second kappa shape index (κ2) is 18.1. The molecule has 10 aromatic rings. The zero-order chi connectivity index (χ0) is 37.6. The summed E-state index contributed by atoms with van der Waals surface area (Å²) >= 11 is 0. The van der Waals surface area contributed by atoms with Gasteiger partial charge in [0, 0.05) is 121 Å². The number of fused-ring (bicyclic) bond motifs is 4. The van der Waals surface area contributed by atoms with Crippen molar-refractivity contribution in [1.82, 2.24) is 38.6 Å². The minimum Gasteiger partial charge on any atom is -0.460 e. The number of aromatic nitrogens is 8. The van der Waals surface area contributed by atoms with Crippen LogP contribution in [0.1, 0.15) is 22.3 Å². The second-order valence-corrected chi connectivity index (χ2v) is 13.8. The molecule has 0 spiro atoms. The first-order valence-corrected chi connectivity index (χ1v) is 18.0. The Labute approximate surface area is 404 Å². The average Bonchev–Trinajstić information content (AvgIpc) is 4.01. The third-order valence-corrected chi connectivity index (χ3v) is 10.3. The van der Waals surface area contributed by atoms with Crippen molar-refractivity contribution in [1.29, 1.82) is 5.26 Å². The monoisotopic (exact) mass is 1010 g/mol. The Kier molecular flexibility index (Phi) is 13.4. The minimum atomic E-state index is 0. The molecule has 0 atom stereocenters. The number of hydrogen-bond donors (Lipinski definition) is 1. The third kappa shape index (κ3) is 8.05. The molecular formula is C47H38N9Pr2-3. The van der Waals surface area contributed by atoms with Crippen LogP contribution in [-0.4, -0.2) is 38.6 Å². The summed E-state index contributed by atoms with van der Waals surface area (Å²) in [5.74, 6) is 1.90. The summed E-state index contributed by atoms with van der Waals surface area (Å²) in [5, 5.41) is 9.42. The molecule has 0 aliphatic rings. The SMILES string of the molecule is Cc1cc(-c2nc3ccccc3n2C)cc2[nH][c-]nc12.Cc1cc(-c2nc3ccccc3n2C)cc2c1n[c-]n2Cc1ccc(-c2ccccc2C#N)cc1.[CH3-].[Pr].[Pr]. The fraction of sp³-hybridized carbons (Fsp3) is 0.106. The molecule has 0 amide bonds.